The lowest BCUT2D eigenvalue weighted by molar-refractivity contribution is 0.157. The summed E-state index contributed by atoms with van der Waals surface area (Å²) in [6.07, 6.45) is 0.952. The number of nitrogens with two attached hydrogens (primary N) is 1. The summed E-state index contributed by atoms with van der Waals surface area (Å²) in [4.78, 5) is 0. The smallest absolute Gasteiger partial charge is 0.109 e. The Balaban J connectivity index is 2.82. The molecule has 0 fully saturated rings. The van der Waals surface area contributed by atoms with Gasteiger partial charge in [0.1, 0.15) is 6.10 Å². The molecule has 0 radical (unpaired) electrons. The SMILES string of the molecule is COCCn1ncc(Br)c1C(O)CN. The number of halogens is 1. The van der Waals surface area contributed by atoms with Gasteiger partial charge in [0.2, 0.25) is 0 Å². The Labute approximate surface area is 91.0 Å². The molecule has 80 valence electrons. The number of aliphatic hydroxyl groups is 1. The number of rotatable bonds is 5. The van der Waals surface area contributed by atoms with Crippen LogP contribution in [0.2, 0.25) is 0 Å². The van der Waals surface area contributed by atoms with Crippen LogP contribution in [0.4, 0.5) is 0 Å². The number of ether oxygens (including phenoxy) is 1. The maximum Gasteiger partial charge on any atom is 0.109 e. The minimum atomic E-state index is -0.691. The van der Waals surface area contributed by atoms with Crippen molar-refractivity contribution >= 4 is 15.9 Å². The highest BCUT2D eigenvalue weighted by atomic mass is 79.9. The number of nitrogens with zero attached hydrogens (tertiary/aromatic N) is 2. The lowest BCUT2D eigenvalue weighted by atomic mass is 10.2. The quantitative estimate of drug-likeness (QED) is 0.801. The highest BCUT2D eigenvalue weighted by Crippen LogP contribution is 2.22. The highest BCUT2D eigenvalue weighted by molar-refractivity contribution is 9.10. The zero-order valence-electron chi connectivity index (χ0n) is 7.98. The number of hydrogen-bond acceptors (Lipinski definition) is 4. The number of aliphatic hydroxyl groups excluding tert-OH is 1. The summed E-state index contributed by atoms with van der Waals surface area (Å²) < 4.78 is 7.39. The lowest BCUT2D eigenvalue weighted by Gasteiger charge is -2.11. The Bertz CT molecular complexity index is 290. The van der Waals surface area contributed by atoms with Gasteiger partial charge in [0.15, 0.2) is 0 Å². The van der Waals surface area contributed by atoms with Gasteiger partial charge in [-0.05, 0) is 15.9 Å². The van der Waals surface area contributed by atoms with E-state index in [2.05, 4.69) is 21.0 Å². The van der Waals surface area contributed by atoms with Crippen molar-refractivity contribution in [2.45, 2.75) is 12.6 Å². The molecule has 0 aliphatic carbocycles. The average Bonchev–Trinajstić information content (AvgIpc) is 2.55. The van der Waals surface area contributed by atoms with Gasteiger partial charge in [0, 0.05) is 13.7 Å². The summed E-state index contributed by atoms with van der Waals surface area (Å²) in [5.41, 5.74) is 6.09. The number of hydrogen-bond donors (Lipinski definition) is 2. The largest absolute Gasteiger partial charge is 0.385 e. The molecule has 0 amide bonds. The second-order valence-corrected chi connectivity index (χ2v) is 3.70. The van der Waals surface area contributed by atoms with Crippen molar-refractivity contribution in [2.24, 2.45) is 5.73 Å². The van der Waals surface area contributed by atoms with Crippen LogP contribution < -0.4 is 5.73 Å². The fraction of sp³-hybridized carbons (Fsp3) is 0.625. The molecule has 0 spiro atoms. The third-order valence-corrected chi connectivity index (χ3v) is 2.49. The fourth-order valence-electron chi connectivity index (χ4n) is 1.17. The van der Waals surface area contributed by atoms with Crippen molar-refractivity contribution in [3.63, 3.8) is 0 Å². The Morgan fingerprint density at radius 1 is 1.79 bits per heavy atom. The molecule has 0 saturated carbocycles. The third-order valence-electron chi connectivity index (χ3n) is 1.88. The van der Waals surface area contributed by atoms with Gasteiger partial charge in [-0.3, -0.25) is 4.68 Å². The number of methoxy groups -OCH3 is 1. The van der Waals surface area contributed by atoms with Crippen molar-refractivity contribution in [3.05, 3.63) is 16.4 Å². The van der Waals surface area contributed by atoms with E-state index in [1.807, 2.05) is 0 Å². The maximum absolute atomic E-state index is 9.62. The molecule has 14 heavy (non-hydrogen) atoms. The fourth-order valence-corrected chi connectivity index (χ4v) is 1.73. The van der Waals surface area contributed by atoms with E-state index in [4.69, 9.17) is 10.5 Å². The first-order valence-electron chi connectivity index (χ1n) is 4.29. The second-order valence-electron chi connectivity index (χ2n) is 2.85. The van der Waals surface area contributed by atoms with Crippen LogP contribution in [0.1, 0.15) is 11.8 Å². The Hall–Kier alpha value is -0.430. The van der Waals surface area contributed by atoms with E-state index in [1.165, 1.54) is 0 Å². The summed E-state index contributed by atoms with van der Waals surface area (Å²) in [6, 6.07) is 0. The summed E-state index contributed by atoms with van der Waals surface area (Å²) in [7, 11) is 1.62. The van der Waals surface area contributed by atoms with Crippen LogP contribution in [0.25, 0.3) is 0 Å². The normalized spacial score (nSPS) is 13.1. The highest BCUT2D eigenvalue weighted by Gasteiger charge is 2.15. The van der Waals surface area contributed by atoms with Gasteiger partial charge in [-0.1, -0.05) is 0 Å². The molecule has 0 bridgehead atoms. The van der Waals surface area contributed by atoms with Gasteiger partial charge in [-0.15, -0.1) is 0 Å². The van der Waals surface area contributed by atoms with Crippen molar-refractivity contribution in [3.8, 4) is 0 Å². The van der Waals surface area contributed by atoms with Crippen molar-refractivity contribution < 1.29 is 9.84 Å². The molecule has 1 rings (SSSR count). The van der Waals surface area contributed by atoms with E-state index in [0.717, 1.165) is 4.47 Å². The van der Waals surface area contributed by atoms with Crippen LogP contribution in [0.15, 0.2) is 10.7 Å². The molecule has 3 N–H and O–H groups in total. The molecular weight excluding hydrogens is 250 g/mol. The van der Waals surface area contributed by atoms with Crippen molar-refractivity contribution in [1.29, 1.82) is 0 Å². The van der Waals surface area contributed by atoms with E-state index in [1.54, 1.807) is 18.0 Å². The van der Waals surface area contributed by atoms with Gasteiger partial charge in [0.25, 0.3) is 0 Å². The zero-order valence-corrected chi connectivity index (χ0v) is 9.57. The topological polar surface area (TPSA) is 73.3 Å². The first-order valence-corrected chi connectivity index (χ1v) is 5.08. The molecule has 6 heteroatoms. The molecule has 1 aromatic rings. The first-order chi connectivity index (χ1) is 6.70. The van der Waals surface area contributed by atoms with Crippen LogP contribution in [0.3, 0.4) is 0 Å². The van der Waals surface area contributed by atoms with Crippen LogP contribution in [0.5, 0.6) is 0 Å². The Morgan fingerprint density at radius 3 is 3.07 bits per heavy atom. The summed E-state index contributed by atoms with van der Waals surface area (Å²) in [6.45, 7) is 1.34. The summed E-state index contributed by atoms with van der Waals surface area (Å²) in [5.74, 6) is 0. The molecule has 0 aliphatic rings. The van der Waals surface area contributed by atoms with Crippen LogP contribution in [-0.2, 0) is 11.3 Å². The zero-order chi connectivity index (χ0) is 10.6. The predicted octanol–water partition coefficient (Wildman–Crippen LogP) is 0.284. The Kier molecular flexibility index (Phi) is 4.53. The third kappa shape index (κ3) is 2.54. The number of aromatic nitrogens is 2. The second kappa shape index (κ2) is 5.45. The molecule has 5 nitrogen and oxygen atoms in total. The lowest BCUT2D eigenvalue weighted by Crippen LogP contribution is -2.18. The van der Waals surface area contributed by atoms with Crippen molar-refractivity contribution in [2.75, 3.05) is 20.3 Å². The van der Waals surface area contributed by atoms with Gasteiger partial charge in [-0.25, -0.2) is 0 Å². The van der Waals surface area contributed by atoms with Crippen LogP contribution >= 0.6 is 15.9 Å². The maximum atomic E-state index is 9.62. The Morgan fingerprint density at radius 2 is 2.50 bits per heavy atom. The molecule has 0 saturated heterocycles. The molecular formula is C8H14BrN3O2. The van der Waals surface area contributed by atoms with Gasteiger partial charge in [-0.2, -0.15) is 5.10 Å². The van der Waals surface area contributed by atoms with Gasteiger partial charge >= 0.3 is 0 Å². The van der Waals surface area contributed by atoms with E-state index in [-0.39, 0.29) is 6.54 Å². The average molecular weight is 264 g/mol. The standard InChI is InChI=1S/C8H14BrN3O2/c1-14-3-2-12-8(7(13)4-10)6(9)5-11-12/h5,7,13H,2-4,10H2,1H3. The molecule has 0 aromatic carbocycles. The molecule has 1 atom stereocenters. The molecule has 0 aliphatic heterocycles. The van der Waals surface area contributed by atoms with Crippen molar-refractivity contribution in [1.82, 2.24) is 9.78 Å². The predicted molar refractivity (Wildman–Crippen MR) is 55.8 cm³/mol. The molecule has 1 aromatic heterocycles. The first kappa shape index (κ1) is 11.6. The summed E-state index contributed by atoms with van der Waals surface area (Å²) in [5, 5.41) is 13.7. The van der Waals surface area contributed by atoms with E-state index in [9.17, 15) is 5.11 Å². The van der Waals surface area contributed by atoms with Crippen LogP contribution in [0, 0.1) is 0 Å². The minimum Gasteiger partial charge on any atom is -0.385 e. The van der Waals surface area contributed by atoms with E-state index >= 15 is 0 Å². The van der Waals surface area contributed by atoms with Gasteiger partial charge in [0.05, 0.1) is 29.5 Å². The summed E-state index contributed by atoms with van der Waals surface area (Å²) >= 11 is 3.31. The molecule has 1 unspecified atom stereocenters. The van der Waals surface area contributed by atoms with Gasteiger partial charge < -0.3 is 15.6 Å². The van der Waals surface area contributed by atoms with E-state index < -0.39 is 6.10 Å². The molecule has 1 heterocycles. The minimum absolute atomic E-state index is 0.178. The monoisotopic (exact) mass is 263 g/mol. The van der Waals surface area contributed by atoms with Crippen LogP contribution in [-0.4, -0.2) is 35.1 Å². The van der Waals surface area contributed by atoms with E-state index in [0.29, 0.717) is 18.8 Å².